The Morgan fingerprint density at radius 2 is 2.16 bits per heavy atom. The van der Waals surface area contributed by atoms with E-state index in [0.717, 1.165) is 38.6 Å². The second kappa shape index (κ2) is 7.06. The Bertz CT molecular complexity index is 383. The first kappa shape index (κ1) is 14.5. The van der Waals surface area contributed by atoms with Gasteiger partial charge in [-0.05, 0) is 45.1 Å². The van der Waals surface area contributed by atoms with Gasteiger partial charge in [0.15, 0.2) is 0 Å². The van der Waals surface area contributed by atoms with Crippen LogP contribution in [-0.4, -0.2) is 29.0 Å². The zero-order valence-corrected chi connectivity index (χ0v) is 12.5. The Labute approximate surface area is 116 Å². The van der Waals surface area contributed by atoms with E-state index in [1.54, 1.807) is 0 Å². The summed E-state index contributed by atoms with van der Waals surface area (Å²) < 4.78 is 7.54. The number of rotatable bonds is 6. The first-order valence-electron chi connectivity index (χ1n) is 7.61. The molecule has 1 aromatic heterocycles. The summed E-state index contributed by atoms with van der Waals surface area (Å²) in [5.74, 6) is 0.748. The highest BCUT2D eigenvalue weighted by Crippen LogP contribution is 2.19. The van der Waals surface area contributed by atoms with Crippen molar-refractivity contribution in [2.75, 3.05) is 13.2 Å². The van der Waals surface area contributed by atoms with Gasteiger partial charge in [-0.1, -0.05) is 6.92 Å². The molecule has 1 aliphatic heterocycles. The van der Waals surface area contributed by atoms with Crippen molar-refractivity contribution >= 4 is 0 Å². The van der Waals surface area contributed by atoms with E-state index in [2.05, 4.69) is 41.9 Å². The zero-order chi connectivity index (χ0) is 13.7. The molecule has 0 saturated carbocycles. The monoisotopic (exact) mass is 265 g/mol. The zero-order valence-electron chi connectivity index (χ0n) is 12.5. The van der Waals surface area contributed by atoms with Crippen molar-refractivity contribution < 1.29 is 4.74 Å². The molecule has 0 radical (unpaired) electrons. The van der Waals surface area contributed by atoms with Gasteiger partial charge >= 0.3 is 0 Å². The van der Waals surface area contributed by atoms with Crippen LogP contribution in [-0.2, 0) is 24.2 Å². The predicted molar refractivity (Wildman–Crippen MR) is 77.1 cm³/mol. The smallest absolute Gasteiger partial charge is 0.0625 e. The maximum absolute atomic E-state index is 5.43. The molecule has 0 amide bonds. The molecule has 2 rings (SSSR count). The Balaban J connectivity index is 1.88. The minimum atomic E-state index is 0.550. The summed E-state index contributed by atoms with van der Waals surface area (Å²) in [6, 6.07) is 2.78. The molecule has 0 aliphatic carbocycles. The van der Waals surface area contributed by atoms with Gasteiger partial charge in [0, 0.05) is 32.3 Å². The Morgan fingerprint density at radius 1 is 1.42 bits per heavy atom. The number of aromatic nitrogens is 2. The maximum atomic E-state index is 5.43. The molecule has 0 spiro atoms. The van der Waals surface area contributed by atoms with Gasteiger partial charge in [0.1, 0.15) is 0 Å². The normalized spacial score (nSPS) is 18.7. The van der Waals surface area contributed by atoms with Crippen LogP contribution in [0.4, 0.5) is 0 Å². The van der Waals surface area contributed by atoms with Gasteiger partial charge in [-0.25, -0.2) is 0 Å². The summed E-state index contributed by atoms with van der Waals surface area (Å²) in [5.41, 5.74) is 2.50. The Hall–Kier alpha value is -0.870. The fourth-order valence-corrected chi connectivity index (χ4v) is 2.75. The van der Waals surface area contributed by atoms with Crippen molar-refractivity contribution in [3.63, 3.8) is 0 Å². The molecule has 1 unspecified atom stereocenters. The van der Waals surface area contributed by atoms with Crippen LogP contribution in [0.5, 0.6) is 0 Å². The molecule has 1 N–H and O–H groups in total. The summed E-state index contributed by atoms with van der Waals surface area (Å²) in [4.78, 5) is 0. The number of aryl methyl sites for hydroxylation is 2. The van der Waals surface area contributed by atoms with Gasteiger partial charge in [-0.15, -0.1) is 0 Å². The summed E-state index contributed by atoms with van der Waals surface area (Å²) in [5, 5.41) is 8.26. The van der Waals surface area contributed by atoms with Crippen molar-refractivity contribution in [1.29, 1.82) is 0 Å². The largest absolute Gasteiger partial charge is 0.381 e. The number of hydrogen-bond acceptors (Lipinski definition) is 3. The quantitative estimate of drug-likeness (QED) is 0.858. The van der Waals surface area contributed by atoms with E-state index in [1.807, 2.05) is 0 Å². The summed E-state index contributed by atoms with van der Waals surface area (Å²) >= 11 is 0. The maximum Gasteiger partial charge on any atom is 0.0625 e. The topological polar surface area (TPSA) is 39.1 Å². The molecule has 1 aromatic rings. The van der Waals surface area contributed by atoms with E-state index in [1.165, 1.54) is 24.2 Å². The average molecular weight is 265 g/mol. The highest BCUT2D eigenvalue weighted by molar-refractivity contribution is 5.10. The Morgan fingerprint density at radius 3 is 2.79 bits per heavy atom. The third-order valence-electron chi connectivity index (χ3n) is 4.15. The molecule has 108 valence electrons. The van der Waals surface area contributed by atoms with Crippen molar-refractivity contribution in [2.45, 2.75) is 59.2 Å². The number of hydrogen-bond donors (Lipinski definition) is 1. The third kappa shape index (κ3) is 3.80. The summed E-state index contributed by atoms with van der Waals surface area (Å²) in [6.07, 6.45) is 3.37. The molecule has 1 saturated heterocycles. The third-order valence-corrected chi connectivity index (χ3v) is 4.15. The van der Waals surface area contributed by atoms with Crippen LogP contribution in [0.25, 0.3) is 0 Å². The van der Waals surface area contributed by atoms with Crippen LogP contribution in [0.2, 0.25) is 0 Å². The first-order valence-corrected chi connectivity index (χ1v) is 7.61. The van der Waals surface area contributed by atoms with Gasteiger partial charge in [0.25, 0.3) is 0 Å². The summed E-state index contributed by atoms with van der Waals surface area (Å²) in [6.45, 7) is 10.3. The van der Waals surface area contributed by atoms with Crippen LogP contribution >= 0.6 is 0 Å². The molecule has 0 bridgehead atoms. The van der Waals surface area contributed by atoms with Gasteiger partial charge in [-0.2, -0.15) is 5.10 Å². The van der Waals surface area contributed by atoms with E-state index >= 15 is 0 Å². The molecule has 1 atom stereocenters. The highest BCUT2D eigenvalue weighted by Gasteiger charge is 2.20. The molecule has 4 heteroatoms. The van der Waals surface area contributed by atoms with E-state index in [9.17, 15) is 0 Å². The average Bonchev–Trinajstić information content (AvgIpc) is 2.88. The lowest BCUT2D eigenvalue weighted by atomic mass is 9.93. The van der Waals surface area contributed by atoms with Crippen LogP contribution in [0.3, 0.4) is 0 Å². The molecule has 4 nitrogen and oxygen atoms in total. The van der Waals surface area contributed by atoms with E-state index < -0.39 is 0 Å². The SMILES string of the molecule is CCc1cc(CNC(C)C2CCOCC2)n(CC)n1. The minimum absolute atomic E-state index is 0.550. The lowest BCUT2D eigenvalue weighted by molar-refractivity contribution is 0.0557. The molecule has 1 fully saturated rings. The van der Waals surface area contributed by atoms with Crippen molar-refractivity contribution in [1.82, 2.24) is 15.1 Å². The van der Waals surface area contributed by atoms with Gasteiger partial charge in [-0.3, -0.25) is 4.68 Å². The standard InChI is InChI=1S/C15H27N3O/c1-4-14-10-15(18(5-2)17-14)11-16-12(3)13-6-8-19-9-7-13/h10,12-13,16H,4-9,11H2,1-3H3. The predicted octanol–water partition coefficient (Wildman–Crippen LogP) is 2.37. The number of ether oxygens (including phenoxy) is 1. The molecular weight excluding hydrogens is 238 g/mol. The van der Waals surface area contributed by atoms with Crippen molar-refractivity contribution in [2.24, 2.45) is 5.92 Å². The lowest BCUT2D eigenvalue weighted by Gasteiger charge is -2.28. The fourth-order valence-electron chi connectivity index (χ4n) is 2.75. The minimum Gasteiger partial charge on any atom is -0.381 e. The fraction of sp³-hybridized carbons (Fsp3) is 0.800. The number of nitrogens with zero attached hydrogens (tertiary/aromatic N) is 2. The van der Waals surface area contributed by atoms with Crippen molar-refractivity contribution in [3.8, 4) is 0 Å². The van der Waals surface area contributed by atoms with E-state index in [0.29, 0.717) is 6.04 Å². The molecule has 1 aliphatic rings. The van der Waals surface area contributed by atoms with Gasteiger partial charge in [0.05, 0.1) is 11.4 Å². The molecule has 0 aromatic carbocycles. The molecular formula is C15H27N3O. The van der Waals surface area contributed by atoms with E-state index in [-0.39, 0.29) is 0 Å². The Kier molecular flexibility index (Phi) is 5.40. The van der Waals surface area contributed by atoms with Crippen LogP contribution < -0.4 is 5.32 Å². The van der Waals surface area contributed by atoms with Crippen LogP contribution in [0, 0.1) is 5.92 Å². The van der Waals surface area contributed by atoms with Crippen LogP contribution in [0.15, 0.2) is 6.07 Å². The second-order valence-corrected chi connectivity index (χ2v) is 5.42. The second-order valence-electron chi connectivity index (χ2n) is 5.42. The summed E-state index contributed by atoms with van der Waals surface area (Å²) in [7, 11) is 0. The van der Waals surface area contributed by atoms with Crippen molar-refractivity contribution in [3.05, 3.63) is 17.5 Å². The van der Waals surface area contributed by atoms with Gasteiger partial charge < -0.3 is 10.1 Å². The molecule has 2 heterocycles. The van der Waals surface area contributed by atoms with E-state index in [4.69, 9.17) is 4.74 Å². The van der Waals surface area contributed by atoms with Crippen LogP contribution in [0.1, 0.15) is 45.0 Å². The first-order chi connectivity index (χ1) is 9.24. The van der Waals surface area contributed by atoms with Gasteiger partial charge in [0.2, 0.25) is 0 Å². The highest BCUT2D eigenvalue weighted by atomic mass is 16.5. The number of nitrogens with one attached hydrogen (secondary N) is 1. The lowest BCUT2D eigenvalue weighted by Crippen LogP contribution is -2.36. The molecule has 19 heavy (non-hydrogen) atoms.